The van der Waals surface area contributed by atoms with E-state index in [1.165, 1.54) is 12.0 Å². The van der Waals surface area contributed by atoms with Gasteiger partial charge >= 0.3 is 12.1 Å². The molecule has 2 atom stereocenters. The van der Waals surface area contributed by atoms with E-state index in [0.29, 0.717) is 18.4 Å². The lowest BCUT2D eigenvalue weighted by atomic mass is 9.90. The molecular weight excluding hydrogens is 486 g/mol. The van der Waals surface area contributed by atoms with Crippen LogP contribution in [0.5, 0.6) is 0 Å². The molecule has 3 amide bonds. The zero-order valence-electron chi connectivity index (χ0n) is 24.8. The lowest BCUT2D eigenvalue weighted by molar-refractivity contribution is -0.150. The van der Waals surface area contributed by atoms with E-state index in [-0.39, 0.29) is 12.5 Å². The molecule has 0 bridgehead atoms. The van der Waals surface area contributed by atoms with Crippen molar-refractivity contribution in [1.29, 1.82) is 0 Å². The number of alkyl carbamates (subject to hydrolysis) is 1. The standard InChI is InChI=1S/C29H47N3O6/c1-11-20-13-15-21(16-14-20)24(25(34)30-18-23(33)37-10)32(29(8,9)12-2)26(35)22(17-19(3)4)31-27(36)38-28(5,6)7/h13-16,19,22,24H,11-12,17-18H2,1-10H3,(H,30,34)(H,31,36). The molecule has 38 heavy (non-hydrogen) atoms. The highest BCUT2D eigenvalue weighted by Gasteiger charge is 2.43. The van der Waals surface area contributed by atoms with Gasteiger partial charge in [-0.05, 0) is 70.9 Å². The largest absolute Gasteiger partial charge is 0.468 e. The van der Waals surface area contributed by atoms with Crippen LogP contribution in [0.4, 0.5) is 4.79 Å². The molecule has 9 heteroatoms. The molecule has 1 aromatic carbocycles. The predicted octanol–water partition coefficient (Wildman–Crippen LogP) is 4.54. The van der Waals surface area contributed by atoms with E-state index < -0.39 is 47.1 Å². The molecule has 0 saturated carbocycles. The van der Waals surface area contributed by atoms with Gasteiger partial charge < -0.3 is 25.0 Å². The summed E-state index contributed by atoms with van der Waals surface area (Å²) in [5.41, 5.74) is 0.160. The Bertz CT molecular complexity index is 950. The van der Waals surface area contributed by atoms with Gasteiger partial charge in [-0.2, -0.15) is 0 Å². The zero-order valence-corrected chi connectivity index (χ0v) is 24.8. The van der Waals surface area contributed by atoms with Crippen molar-refractivity contribution in [3.63, 3.8) is 0 Å². The minimum absolute atomic E-state index is 0.0703. The molecule has 0 aliphatic carbocycles. The molecule has 0 spiro atoms. The molecule has 0 aromatic heterocycles. The molecule has 0 radical (unpaired) electrons. The molecule has 2 unspecified atom stereocenters. The third-order valence-corrected chi connectivity index (χ3v) is 6.30. The fourth-order valence-corrected chi connectivity index (χ4v) is 3.94. The Balaban J connectivity index is 3.64. The van der Waals surface area contributed by atoms with Crippen molar-refractivity contribution in [2.45, 2.75) is 105 Å². The summed E-state index contributed by atoms with van der Waals surface area (Å²) in [6.45, 7) is 16.6. The smallest absolute Gasteiger partial charge is 0.408 e. The Morgan fingerprint density at radius 1 is 0.974 bits per heavy atom. The van der Waals surface area contributed by atoms with Crippen LogP contribution in [0.15, 0.2) is 24.3 Å². The second kappa shape index (κ2) is 14.2. The summed E-state index contributed by atoms with van der Waals surface area (Å²) in [7, 11) is 1.24. The first-order valence-electron chi connectivity index (χ1n) is 13.3. The maximum atomic E-state index is 14.3. The SMILES string of the molecule is CCc1ccc(C(C(=O)NCC(=O)OC)N(C(=O)C(CC(C)C)NC(=O)OC(C)(C)C)C(C)(C)CC)cc1. The molecule has 0 aliphatic rings. The number of carbonyl (C=O) groups is 4. The molecule has 214 valence electrons. The minimum Gasteiger partial charge on any atom is -0.468 e. The third kappa shape index (κ3) is 9.99. The summed E-state index contributed by atoms with van der Waals surface area (Å²) in [5.74, 6) is -1.46. The van der Waals surface area contributed by atoms with Gasteiger partial charge in [0.1, 0.15) is 24.2 Å². The van der Waals surface area contributed by atoms with Gasteiger partial charge in [0.15, 0.2) is 0 Å². The fourth-order valence-electron chi connectivity index (χ4n) is 3.94. The Hall–Kier alpha value is -3.10. The molecule has 1 rings (SSSR count). The van der Waals surface area contributed by atoms with Crippen LogP contribution in [-0.4, -0.2) is 59.6 Å². The molecule has 1 aromatic rings. The molecule has 0 aliphatic heterocycles. The molecular formula is C29H47N3O6. The van der Waals surface area contributed by atoms with Crippen molar-refractivity contribution in [2.24, 2.45) is 5.92 Å². The second-order valence-corrected chi connectivity index (χ2v) is 11.5. The molecule has 9 nitrogen and oxygen atoms in total. The first-order valence-corrected chi connectivity index (χ1v) is 13.3. The number of nitrogens with one attached hydrogen (secondary N) is 2. The van der Waals surface area contributed by atoms with Crippen LogP contribution in [-0.2, 0) is 30.3 Å². The summed E-state index contributed by atoms with van der Waals surface area (Å²) in [6, 6.07) is 5.51. The second-order valence-electron chi connectivity index (χ2n) is 11.5. The number of benzene rings is 1. The third-order valence-electron chi connectivity index (χ3n) is 6.30. The number of ether oxygens (including phenoxy) is 2. The van der Waals surface area contributed by atoms with E-state index in [0.717, 1.165) is 12.0 Å². The van der Waals surface area contributed by atoms with Crippen molar-refractivity contribution in [3.8, 4) is 0 Å². The van der Waals surface area contributed by atoms with Gasteiger partial charge in [0.25, 0.3) is 0 Å². The summed E-state index contributed by atoms with van der Waals surface area (Å²) in [4.78, 5) is 54.0. The van der Waals surface area contributed by atoms with E-state index in [9.17, 15) is 19.2 Å². The zero-order chi connectivity index (χ0) is 29.3. The summed E-state index contributed by atoms with van der Waals surface area (Å²) in [6.07, 6.45) is 0.996. The van der Waals surface area contributed by atoms with E-state index in [1.807, 2.05) is 65.8 Å². The van der Waals surface area contributed by atoms with Gasteiger partial charge in [0.05, 0.1) is 7.11 Å². The summed E-state index contributed by atoms with van der Waals surface area (Å²) in [5, 5.41) is 5.37. The number of methoxy groups -OCH3 is 1. The number of aryl methyl sites for hydroxylation is 1. The lowest BCUT2D eigenvalue weighted by Crippen LogP contribution is -2.59. The normalized spacial score (nSPS) is 13.3. The quantitative estimate of drug-likeness (QED) is 0.382. The number of hydrogen-bond acceptors (Lipinski definition) is 6. The van der Waals surface area contributed by atoms with E-state index in [2.05, 4.69) is 15.4 Å². The van der Waals surface area contributed by atoms with Gasteiger partial charge in [-0.3, -0.25) is 14.4 Å². The number of nitrogens with zero attached hydrogens (tertiary/aromatic N) is 1. The summed E-state index contributed by atoms with van der Waals surface area (Å²) >= 11 is 0. The van der Waals surface area contributed by atoms with Gasteiger partial charge in [-0.25, -0.2) is 4.79 Å². The lowest BCUT2D eigenvalue weighted by Gasteiger charge is -2.44. The molecule has 0 fully saturated rings. The van der Waals surface area contributed by atoms with Gasteiger partial charge in [0.2, 0.25) is 11.8 Å². The molecule has 0 saturated heterocycles. The first kappa shape index (κ1) is 32.9. The first-order chi connectivity index (χ1) is 17.6. The van der Waals surface area contributed by atoms with Crippen molar-refractivity contribution >= 4 is 23.9 Å². The van der Waals surface area contributed by atoms with Crippen LogP contribution in [0.3, 0.4) is 0 Å². The monoisotopic (exact) mass is 533 g/mol. The summed E-state index contributed by atoms with van der Waals surface area (Å²) < 4.78 is 10.1. The van der Waals surface area contributed by atoms with Crippen LogP contribution in [0.2, 0.25) is 0 Å². The Morgan fingerprint density at radius 2 is 1.55 bits per heavy atom. The van der Waals surface area contributed by atoms with Crippen LogP contribution >= 0.6 is 0 Å². The van der Waals surface area contributed by atoms with Crippen LogP contribution in [0.25, 0.3) is 0 Å². The van der Waals surface area contributed by atoms with Gasteiger partial charge in [-0.1, -0.05) is 52.0 Å². The van der Waals surface area contributed by atoms with E-state index in [1.54, 1.807) is 20.8 Å². The predicted molar refractivity (Wildman–Crippen MR) is 147 cm³/mol. The Kier molecular flexibility index (Phi) is 12.3. The van der Waals surface area contributed by atoms with Crippen molar-refractivity contribution in [3.05, 3.63) is 35.4 Å². The average molecular weight is 534 g/mol. The van der Waals surface area contributed by atoms with Gasteiger partial charge in [0, 0.05) is 5.54 Å². The van der Waals surface area contributed by atoms with E-state index >= 15 is 0 Å². The minimum atomic E-state index is -1.05. The van der Waals surface area contributed by atoms with Crippen molar-refractivity contribution in [2.75, 3.05) is 13.7 Å². The maximum absolute atomic E-state index is 14.3. The van der Waals surface area contributed by atoms with Crippen molar-refractivity contribution < 1.29 is 28.7 Å². The number of rotatable bonds is 12. The highest BCUT2D eigenvalue weighted by molar-refractivity contribution is 5.93. The molecule has 2 N–H and O–H groups in total. The van der Waals surface area contributed by atoms with Crippen LogP contribution in [0, 0.1) is 5.92 Å². The number of amides is 3. The molecule has 0 heterocycles. The van der Waals surface area contributed by atoms with E-state index in [4.69, 9.17) is 4.74 Å². The number of hydrogen-bond donors (Lipinski definition) is 2. The number of esters is 1. The van der Waals surface area contributed by atoms with Gasteiger partial charge in [-0.15, -0.1) is 0 Å². The number of carbonyl (C=O) groups excluding carboxylic acids is 4. The topological polar surface area (TPSA) is 114 Å². The average Bonchev–Trinajstić information content (AvgIpc) is 2.83. The van der Waals surface area contributed by atoms with Crippen molar-refractivity contribution in [1.82, 2.24) is 15.5 Å². The Morgan fingerprint density at radius 3 is 2.00 bits per heavy atom. The van der Waals surface area contributed by atoms with Crippen LogP contribution in [0.1, 0.15) is 92.3 Å². The highest BCUT2D eigenvalue weighted by Crippen LogP contribution is 2.33. The fraction of sp³-hybridized carbons (Fsp3) is 0.655. The highest BCUT2D eigenvalue weighted by atomic mass is 16.6. The Labute approximate surface area is 228 Å². The maximum Gasteiger partial charge on any atom is 0.408 e. The van der Waals surface area contributed by atoms with Crippen LogP contribution < -0.4 is 10.6 Å².